The van der Waals surface area contributed by atoms with Gasteiger partial charge in [0, 0.05) is 0 Å². The van der Waals surface area contributed by atoms with Crippen LogP contribution in [0.3, 0.4) is 0 Å². The number of amides is 1. The van der Waals surface area contributed by atoms with Crippen LogP contribution in [0.2, 0.25) is 0 Å². The standard InChI is InChI=1S/C16H14N2O2S/c1-10-8-11(2)14-13(9-10)21-15(17-14)18-16(19)20-12-6-4-3-5-7-12/h3-9H,1-2H3,(H,17,18,19). The zero-order chi connectivity index (χ0) is 14.8. The van der Waals surface area contributed by atoms with Crippen LogP contribution in [0.5, 0.6) is 5.75 Å². The molecular weight excluding hydrogens is 284 g/mol. The summed E-state index contributed by atoms with van der Waals surface area (Å²) >= 11 is 1.44. The molecule has 1 amide bonds. The molecule has 0 aliphatic rings. The number of anilines is 1. The van der Waals surface area contributed by atoms with Crippen LogP contribution in [-0.2, 0) is 0 Å². The number of hydrogen-bond donors (Lipinski definition) is 1. The Morgan fingerprint density at radius 3 is 2.71 bits per heavy atom. The largest absolute Gasteiger partial charge is 0.418 e. The predicted molar refractivity (Wildman–Crippen MR) is 85.2 cm³/mol. The van der Waals surface area contributed by atoms with Crippen LogP contribution in [0.4, 0.5) is 9.93 Å². The first-order valence-corrected chi connectivity index (χ1v) is 7.35. The summed E-state index contributed by atoms with van der Waals surface area (Å²) in [4.78, 5) is 16.3. The van der Waals surface area contributed by atoms with E-state index in [1.165, 1.54) is 16.9 Å². The highest BCUT2D eigenvalue weighted by atomic mass is 32.1. The van der Waals surface area contributed by atoms with Crippen molar-refractivity contribution in [3.63, 3.8) is 0 Å². The van der Waals surface area contributed by atoms with Gasteiger partial charge >= 0.3 is 6.09 Å². The van der Waals surface area contributed by atoms with Crippen LogP contribution in [0.25, 0.3) is 10.2 Å². The summed E-state index contributed by atoms with van der Waals surface area (Å²) < 4.78 is 6.24. The fraction of sp³-hybridized carbons (Fsp3) is 0.125. The zero-order valence-electron chi connectivity index (χ0n) is 11.7. The highest BCUT2D eigenvalue weighted by Gasteiger charge is 2.11. The lowest BCUT2D eigenvalue weighted by Crippen LogP contribution is -2.16. The molecule has 1 N–H and O–H groups in total. The van der Waals surface area contributed by atoms with E-state index in [9.17, 15) is 4.79 Å². The first-order valence-electron chi connectivity index (χ1n) is 6.53. The molecule has 1 aromatic heterocycles. The molecule has 4 nitrogen and oxygen atoms in total. The predicted octanol–water partition coefficient (Wildman–Crippen LogP) is 4.52. The third-order valence-corrected chi connectivity index (χ3v) is 3.91. The van der Waals surface area contributed by atoms with E-state index < -0.39 is 6.09 Å². The minimum Gasteiger partial charge on any atom is -0.410 e. The van der Waals surface area contributed by atoms with Gasteiger partial charge in [-0.2, -0.15) is 0 Å². The van der Waals surface area contributed by atoms with E-state index in [2.05, 4.69) is 22.4 Å². The van der Waals surface area contributed by atoms with E-state index in [1.54, 1.807) is 12.1 Å². The van der Waals surface area contributed by atoms with E-state index in [-0.39, 0.29) is 0 Å². The Morgan fingerprint density at radius 2 is 1.95 bits per heavy atom. The summed E-state index contributed by atoms with van der Waals surface area (Å²) in [6.07, 6.45) is -0.533. The van der Waals surface area contributed by atoms with Gasteiger partial charge in [0.05, 0.1) is 10.2 Å². The molecule has 5 heteroatoms. The number of carbonyl (C=O) groups excluding carboxylic acids is 1. The van der Waals surface area contributed by atoms with Crippen molar-refractivity contribution in [2.24, 2.45) is 0 Å². The molecule has 0 fully saturated rings. The third-order valence-electron chi connectivity index (χ3n) is 2.99. The van der Waals surface area contributed by atoms with Crippen molar-refractivity contribution in [1.82, 2.24) is 4.98 Å². The molecule has 2 aromatic carbocycles. The van der Waals surface area contributed by atoms with Gasteiger partial charge in [-0.05, 0) is 43.2 Å². The van der Waals surface area contributed by atoms with Crippen molar-refractivity contribution in [3.05, 3.63) is 53.6 Å². The first-order chi connectivity index (χ1) is 10.1. The topological polar surface area (TPSA) is 51.2 Å². The highest BCUT2D eigenvalue weighted by Crippen LogP contribution is 2.29. The fourth-order valence-corrected chi connectivity index (χ4v) is 3.16. The van der Waals surface area contributed by atoms with Crippen molar-refractivity contribution in [1.29, 1.82) is 0 Å². The van der Waals surface area contributed by atoms with Crippen LogP contribution < -0.4 is 10.1 Å². The summed E-state index contributed by atoms with van der Waals surface area (Å²) in [5.41, 5.74) is 3.20. The van der Waals surface area contributed by atoms with Crippen LogP contribution >= 0.6 is 11.3 Å². The van der Waals surface area contributed by atoms with Crippen LogP contribution in [0, 0.1) is 13.8 Å². The monoisotopic (exact) mass is 298 g/mol. The number of nitrogens with one attached hydrogen (secondary N) is 1. The van der Waals surface area contributed by atoms with Gasteiger partial charge in [-0.1, -0.05) is 35.6 Å². The maximum atomic E-state index is 11.8. The van der Waals surface area contributed by atoms with Gasteiger partial charge in [0.2, 0.25) is 0 Å². The summed E-state index contributed by atoms with van der Waals surface area (Å²) in [6, 6.07) is 13.1. The molecule has 3 aromatic rings. The summed E-state index contributed by atoms with van der Waals surface area (Å²) in [5.74, 6) is 0.503. The number of para-hydroxylation sites is 1. The lowest BCUT2D eigenvalue weighted by molar-refractivity contribution is 0.215. The first kappa shape index (κ1) is 13.6. The van der Waals surface area contributed by atoms with Crippen LogP contribution in [0.1, 0.15) is 11.1 Å². The third kappa shape index (κ3) is 3.03. The quantitative estimate of drug-likeness (QED) is 0.756. The number of fused-ring (bicyclic) bond motifs is 1. The number of aryl methyl sites for hydroxylation is 2. The maximum absolute atomic E-state index is 11.8. The van der Waals surface area contributed by atoms with Crippen molar-refractivity contribution < 1.29 is 9.53 Å². The molecule has 3 rings (SSSR count). The van der Waals surface area contributed by atoms with Gasteiger partial charge in [0.1, 0.15) is 5.75 Å². The summed E-state index contributed by atoms with van der Waals surface area (Å²) in [6.45, 7) is 4.06. The molecule has 0 spiro atoms. The molecule has 0 unspecified atom stereocenters. The molecule has 0 saturated carbocycles. The van der Waals surface area contributed by atoms with E-state index in [0.29, 0.717) is 10.9 Å². The van der Waals surface area contributed by atoms with Crippen LogP contribution in [-0.4, -0.2) is 11.1 Å². The number of thiazole rings is 1. The number of hydrogen-bond acceptors (Lipinski definition) is 4. The van der Waals surface area contributed by atoms with E-state index >= 15 is 0 Å². The smallest absolute Gasteiger partial charge is 0.410 e. The van der Waals surface area contributed by atoms with Gasteiger partial charge < -0.3 is 4.74 Å². The van der Waals surface area contributed by atoms with E-state index in [1.807, 2.05) is 32.0 Å². The number of benzene rings is 2. The molecule has 0 atom stereocenters. The average molecular weight is 298 g/mol. The van der Waals surface area contributed by atoms with Crippen molar-refractivity contribution in [2.75, 3.05) is 5.32 Å². The number of ether oxygens (including phenoxy) is 1. The molecule has 21 heavy (non-hydrogen) atoms. The minimum atomic E-state index is -0.533. The van der Waals surface area contributed by atoms with Crippen molar-refractivity contribution in [3.8, 4) is 5.75 Å². The Balaban J connectivity index is 1.79. The highest BCUT2D eigenvalue weighted by molar-refractivity contribution is 7.22. The second kappa shape index (κ2) is 5.54. The normalized spacial score (nSPS) is 10.6. The van der Waals surface area contributed by atoms with Crippen molar-refractivity contribution >= 4 is 32.8 Å². The lowest BCUT2D eigenvalue weighted by atomic mass is 10.1. The number of nitrogens with zero attached hydrogens (tertiary/aromatic N) is 1. The summed E-state index contributed by atoms with van der Waals surface area (Å²) in [5, 5.41) is 3.21. The lowest BCUT2D eigenvalue weighted by Gasteiger charge is -2.03. The Bertz CT molecular complexity index is 797. The van der Waals surface area contributed by atoms with Gasteiger partial charge in [0.25, 0.3) is 0 Å². The second-order valence-corrected chi connectivity index (χ2v) is 5.81. The van der Waals surface area contributed by atoms with E-state index in [4.69, 9.17) is 4.74 Å². The Hall–Kier alpha value is -2.40. The van der Waals surface area contributed by atoms with Crippen molar-refractivity contribution in [2.45, 2.75) is 13.8 Å². The van der Waals surface area contributed by atoms with Gasteiger partial charge in [-0.3, -0.25) is 5.32 Å². The maximum Gasteiger partial charge on any atom is 0.418 e. The molecule has 0 radical (unpaired) electrons. The summed E-state index contributed by atoms with van der Waals surface area (Å²) in [7, 11) is 0. The average Bonchev–Trinajstić information content (AvgIpc) is 2.82. The molecular formula is C16H14N2O2S. The SMILES string of the molecule is Cc1cc(C)c2nc(NC(=O)Oc3ccccc3)sc2c1. The van der Waals surface area contributed by atoms with Gasteiger partial charge in [-0.15, -0.1) is 0 Å². The Kier molecular flexibility index (Phi) is 3.58. The Morgan fingerprint density at radius 1 is 1.19 bits per heavy atom. The number of aromatic nitrogens is 1. The molecule has 1 heterocycles. The molecule has 0 aliphatic carbocycles. The van der Waals surface area contributed by atoms with Gasteiger partial charge in [0.15, 0.2) is 5.13 Å². The van der Waals surface area contributed by atoms with Crippen LogP contribution in [0.15, 0.2) is 42.5 Å². The molecule has 0 bridgehead atoms. The fourth-order valence-electron chi connectivity index (χ4n) is 2.13. The zero-order valence-corrected chi connectivity index (χ0v) is 12.5. The number of rotatable bonds is 2. The second-order valence-electron chi connectivity index (χ2n) is 4.78. The molecule has 106 valence electrons. The Labute approximate surface area is 126 Å². The van der Waals surface area contributed by atoms with E-state index in [0.717, 1.165) is 15.8 Å². The molecule has 0 aliphatic heterocycles. The molecule has 0 saturated heterocycles. The minimum absolute atomic E-state index is 0.503. The number of carbonyl (C=O) groups is 1. The van der Waals surface area contributed by atoms with Gasteiger partial charge in [-0.25, -0.2) is 9.78 Å².